The van der Waals surface area contributed by atoms with Crippen LogP contribution in [0.1, 0.15) is 11.3 Å². The Morgan fingerprint density at radius 1 is 1.48 bits per heavy atom. The molecule has 1 saturated heterocycles. The van der Waals surface area contributed by atoms with Crippen LogP contribution >= 0.6 is 0 Å². The van der Waals surface area contributed by atoms with Gasteiger partial charge in [0.2, 0.25) is 0 Å². The van der Waals surface area contributed by atoms with Gasteiger partial charge in [-0.05, 0) is 13.0 Å². The number of pyridine rings is 1. The Kier molecular flexibility index (Phi) is 2.88. The summed E-state index contributed by atoms with van der Waals surface area (Å²) in [4.78, 5) is 19.5. The number of fused-ring (bicyclic) bond motifs is 5. The van der Waals surface area contributed by atoms with Crippen LogP contribution in [0.15, 0.2) is 6.20 Å². The van der Waals surface area contributed by atoms with E-state index >= 15 is 0 Å². The second kappa shape index (κ2) is 4.77. The van der Waals surface area contributed by atoms with Crippen molar-refractivity contribution in [1.29, 1.82) is 0 Å². The molecule has 0 saturated carbocycles. The summed E-state index contributed by atoms with van der Waals surface area (Å²) < 4.78 is 5.84. The van der Waals surface area contributed by atoms with Crippen LogP contribution in [-0.4, -0.2) is 59.9 Å². The molecule has 112 valence electrons. The monoisotopic (exact) mass is 290 g/mol. The van der Waals surface area contributed by atoms with Crippen molar-refractivity contribution in [1.82, 2.24) is 15.2 Å². The Balaban J connectivity index is 1.71. The number of carbonyl (C=O) groups is 1. The van der Waals surface area contributed by atoms with E-state index in [4.69, 9.17) is 9.84 Å². The Labute approximate surface area is 122 Å². The van der Waals surface area contributed by atoms with Crippen LogP contribution in [0, 0.1) is 0 Å². The van der Waals surface area contributed by atoms with Crippen molar-refractivity contribution in [2.45, 2.75) is 19.0 Å². The lowest BCUT2D eigenvalue weighted by Crippen LogP contribution is -2.58. The predicted octanol–water partition coefficient (Wildman–Crippen LogP) is 0.288. The molecule has 0 spiro atoms. The van der Waals surface area contributed by atoms with Crippen LogP contribution < -0.4 is 15.0 Å². The third-order valence-electron chi connectivity index (χ3n) is 4.52. The molecular weight excluding hydrogens is 272 g/mol. The van der Waals surface area contributed by atoms with Crippen LogP contribution in [0.3, 0.4) is 0 Å². The summed E-state index contributed by atoms with van der Waals surface area (Å²) in [6.45, 7) is 4.03. The van der Waals surface area contributed by atoms with Gasteiger partial charge >= 0.3 is 6.09 Å². The van der Waals surface area contributed by atoms with Crippen molar-refractivity contribution in [2.75, 3.05) is 37.7 Å². The molecule has 7 nitrogen and oxygen atoms in total. The number of carboxylic acid groups (broad SMARTS) is 1. The van der Waals surface area contributed by atoms with Gasteiger partial charge in [0, 0.05) is 31.7 Å². The normalized spacial score (nSPS) is 23.7. The Morgan fingerprint density at radius 2 is 2.38 bits per heavy atom. The minimum atomic E-state index is -0.846. The summed E-state index contributed by atoms with van der Waals surface area (Å²) in [5, 5.41) is 12.5. The van der Waals surface area contributed by atoms with Crippen molar-refractivity contribution < 1.29 is 14.6 Å². The largest absolute Gasteiger partial charge is 0.488 e. The molecular formula is C14H18N4O3. The number of nitrogens with zero attached hydrogens (tertiary/aromatic N) is 3. The molecule has 1 aromatic heterocycles. The average molecular weight is 290 g/mol. The molecule has 21 heavy (non-hydrogen) atoms. The molecule has 2 N–H and O–H groups in total. The number of nitrogens with one attached hydrogen (secondary N) is 1. The molecule has 4 rings (SSSR count). The van der Waals surface area contributed by atoms with Crippen molar-refractivity contribution >= 4 is 11.8 Å². The van der Waals surface area contributed by atoms with E-state index in [0.29, 0.717) is 19.7 Å². The SMILES string of the molecule is O=C(O)N1CCN2c3c(cnc4c3CCNC4)OC[C@H]2C1. The minimum absolute atomic E-state index is 0.101. The molecule has 1 fully saturated rings. The molecule has 0 unspecified atom stereocenters. The van der Waals surface area contributed by atoms with Gasteiger partial charge < -0.3 is 25.0 Å². The molecule has 1 atom stereocenters. The molecule has 3 aliphatic rings. The summed E-state index contributed by atoms with van der Waals surface area (Å²) in [7, 11) is 0. The first-order chi connectivity index (χ1) is 10.2. The third-order valence-corrected chi connectivity index (χ3v) is 4.52. The van der Waals surface area contributed by atoms with E-state index in [-0.39, 0.29) is 6.04 Å². The number of hydrogen-bond acceptors (Lipinski definition) is 5. The number of piperazine rings is 1. The standard InChI is InChI=1S/C14H18N4O3/c19-14(20)17-3-4-18-9(7-17)8-21-12-6-16-11-5-15-2-1-10(11)13(12)18/h6,9,15H,1-5,7-8H2,(H,19,20)/t9-/m1/s1. The molecule has 4 heterocycles. The zero-order valence-electron chi connectivity index (χ0n) is 11.7. The number of rotatable bonds is 0. The van der Waals surface area contributed by atoms with Gasteiger partial charge in [0.05, 0.1) is 23.6 Å². The lowest BCUT2D eigenvalue weighted by molar-refractivity contribution is 0.123. The van der Waals surface area contributed by atoms with Crippen LogP contribution in [0.4, 0.5) is 10.5 Å². The third kappa shape index (κ3) is 1.99. The number of anilines is 1. The van der Waals surface area contributed by atoms with Gasteiger partial charge in [0.25, 0.3) is 0 Å². The molecule has 0 aliphatic carbocycles. The fourth-order valence-corrected chi connectivity index (χ4v) is 3.47. The van der Waals surface area contributed by atoms with E-state index in [1.54, 1.807) is 6.20 Å². The molecule has 1 amide bonds. The second-order valence-corrected chi connectivity index (χ2v) is 5.71. The van der Waals surface area contributed by atoms with Crippen LogP contribution in [0.2, 0.25) is 0 Å². The van der Waals surface area contributed by atoms with Gasteiger partial charge in [-0.25, -0.2) is 4.79 Å². The number of hydrogen-bond donors (Lipinski definition) is 2. The smallest absolute Gasteiger partial charge is 0.407 e. The molecule has 3 aliphatic heterocycles. The van der Waals surface area contributed by atoms with Gasteiger partial charge in [0.15, 0.2) is 5.75 Å². The zero-order valence-corrected chi connectivity index (χ0v) is 11.7. The van der Waals surface area contributed by atoms with Crippen molar-refractivity contribution in [2.24, 2.45) is 0 Å². The molecule has 1 aromatic rings. The van der Waals surface area contributed by atoms with Gasteiger partial charge in [-0.1, -0.05) is 0 Å². The molecule has 0 aromatic carbocycles. The number of ether oxygens (including phenoxy) is 1. The summed E-state index contributed by atoms with van der Waals surface area (Å²) >= 11 is 0. The van der Waals surface area contributed by atoms with Gasteiger partial charge in [0.1, 0.15) is 6.61 Å². The van der Waals surface area contributed by atoms with E-state index in [1.807, 2.05) is 0 Å². The highest BCUT2D eigenvalue weighted by Gasteiger charge is 2.37. The van der Waals surface area contributed by atoms with E-state index in [9.17, 15) is 4.79 Å². The average Bonchev–Trinajstić information content (AvgIpc) is 2.53. The van der Waals surface area contributed by atoms with E-state index in [1.165, 1.54) is 10.5 Å². The zero-order chi connectivity index (χ0) is 14.4. The van der Waals surface area contributed by atoms with Crippen molar-refractivity contribution in [3.05, 3.63) is 17.5 Å². The number of aromatic nitrogens is 1. The fraction of sp³-hybridized carbons (Fsp3) is 0.571. The van der Waals surface area contributed by atoms with Crippen molar-refractivity contribution in [3.8, 4) is 5.75 Å². The Bertz CT molecular complexity index is 592. The first-order valence-corrected chi connectivity index (χ1v) is 7.33. The highest BCUT2D eigenvalue weighted by atomic mass is 16.5. The minimum Gasteiger partial charge on any atom is -0.488 e. The highest BCUT2D eigenvalue weighted by molar-refractivity contribution is 5.69. The van der Waals surface area contributed by atoms with Crippen LogP contribution in [0.25, 0.3) is 0 Å². The summed E-state index contributed by atoms with van der Waals surface area (Å²) in [6, 6.07) is 0.101. The predicted molar refractivity (Wildman–Crippen MR) is 75.9 cm³/mol. The maximum absolute atomic E-state index is 11.2. The fourth-order valence-electron chi connectivity index (χ4n) is 3.47. The second-order valence-electron chi connectivity index (χ2n) is 5.71. The lowest BCUT2D eigenvalue weighted by atomic mass is 9.99. The summed E-state index contributed by atoms with van der Waals surface area (Å²) in [5.41, 5.74) is 3.49. The summed E-state index contributed by atoms with van der Waals surface area (Å²) in [5.74, 6) is 0.843. The quantitative estimate of drug-likeness (QED) is 0.715. The molecule has 0 bridgehead atoms. The number of amides is 1. The van der Waals surface area contributed by atoms with E-state index in [0.717, 1.165) is 43.2 Å². The highest BCUT2D eigenvalue weighted by Crippen LogP contribution is 2.39. The summed E-state index contributed by atoms with van der Waals surface area (Å²) in [6.07, 6.45) is 1.91. The maximum Gasteiger partial charge on any atom is 0.407 e. The molecule has 7 heteroatoms. The Hall–Kier alpha value is -2.02. The van der Waals surface area contributed by atoms with Crippen LogP contribution in [0.5, 0.6) is 5.75 Å². The van der Waals surface area contributed by atoms with Gasteiger partial charge in [-0.3, -0.25) is 4.98 Å². The topological polar surface area (TPSA) is 77.9 Å². The van der Waals surface area contributed by atoms with E-state index < -0.39 is 6.09 Å². The van der Waals surface area contributed by atoms with Gasteiger partial charge in [-0.15, -0.1) is 0 Å². The maximum atomic E-state index is 11.2. The first-order valence-electron chi connectivity index (χ1n) is 7.33. The lowest BCUT2D eigenvalue weighted by Gasteiger charge is -2.46. The molecule has 0 radical (unpaired) electrons. The Morgan fingerprint density at radius 3 is 3.24 bits per heavy atom. The van der Waals surface area contributed by atoms with Gasteiger partial charge in [-0.2, -0.15) is 0 Å². The first kappa shape index (κ1) is 12.7. The van der Waals surface area contributed by atoms with Crippen LogP contribution in [-0.2, 0) is 13.0 Å². The van der Waals surface area contributed by atoms with Crippen molar-refractivity contribution in [3.63, 3.8) is 0 Å². The van der Waals surface area contributed by atoms with E-state index in [2.05, 4.69) is 15.2 Å².